The van der Waals surface area contributed by atoms with E-state index in [2.05, 4.69) is 6.58 Å². The molecule has 0 saturated heterocycles. The first kappa shape index (κ1) is 13.5. The number of allylic oxidation sites excluding steroid dienone is 2. The van der Waals surface area contributed by atoms with E-state index in [0.29, 0.717) is 0 Å². The van der Waals surface area contributed by atoms with Crippen molar-refractivity contribution < 1.29 is 9.53 Å². The zero-order valence-electron chi connectivity index (χ0n) is 10.6. The second kappa shape index (κ2) is 5.19. The molecule has 0 aromatic rings. The molecule has 1 rings (SSSR count). The molecule has 1 aliphatic rings. The van der Waals surface area contributed by atoms with Gasteiger partial charge in [-0.2, -0.15) is 0 Å². The first-order valence-electron chi connectivity index (χ1n) is 5.59. The molecule has 94 valence electrons. The topological polar surface area (TPSA) is 55.6 Å². The van der Waals surface area contributed by atoms with E-state index in [4.69, 9.17) is 10.5 Å². The van der Waals surface area contributed by atoms with Crippen LogP contribution in [0.25, 0.3) is 0 Å². The van der Waals surface area contributed by atoms with Crippen LogP contribution in [-0.4, -0.2) is 28.7 Å². The molecule has 1 heterocycles. The van der Waals surface area contributed by atoms with Gasteiger partial charge in [-0.3, -0.25) is 4.90 Å². The zero-order valence-corrected chi connectivity index (χ0v) is 10.6. The number of hydrogen-bond acceptors (Lipinski definition) is 3. The fourth-order valence-electron chi connectivity index (χ4n) is 1.46. The smallest absolute Gasteiger partial charge is 0.414 e. The van der Waals surface area contributed by atoms with Gasteiger partial charge in [-0.25, -0.2) is 4.79 Å². The first-order valence-corrected chi connectivity index (χ1v) is 5.59. The highest BCUT2D eigenvalue weighted by Crippen LogP contribution is 2.17. The van der Waals surface area contributed by atoms with Crippen molar-refractivity contribution >= 4 is 6.09 Å². The third-order valence-corrected chi connectivity index (χ3v) is 2.26. The number of carbonyl (C=O) groups is 1. The van der Waals surface area contributed by atoms with E-state index >= 15 is 0 Å². The monoisotopic (exact) mass is 236 g/mol. The van der Waals surface area contributed by atoms with Crippen LogP contribution in [0, 0.1) is 0 Å². The van der Waals surface area contributed by atoms with Gasteiger partial charge in [0.15, 0.2) is 0 Å². The van der Waals surface area contributed by atoms with E-state index in [9.17, 15) is 4.79 Å². The predicted molar refractivity (Wildman–Crippen MR) is 68.3 cm³/mol. The highest BCUT2D eigenvalue weighted by atomic mass is 16.6. The number of nitrogens with zero attached hydrogens (tertiary/aromatic N) is 1. The van der Waals surface area contributed by atoms with Gasteiger partial charge in [0.05, 0.1) is 6.04 Å². The summed E-state index contributed by atoms with van der Waals surface area (Å²) in [6.45, 7) is 9.13. The van der Waals surface area contributed by atoms with Crippen LogP contribution in [0.1, 0.15) is 20.8 Å². The summed E-state index contributed by atoms with van der Waals surface area (Å²) in [7, 11) is 0. The van der Waals surface area contributed by atoms with E-state index in [-0.39, 0.29) is 12.1 Å². The number of carbonyl (C=O) groups excluding carboxylic acids is 1. The van der Waals surface area contributed by atoms with Crippen LogP contribution in [0.15, 0.2) is 37.1 Å². The third kappa shape index (κ3) is 3.75. The summed E-state index contributed by atoms with van der Waals surface area (Å²) in [5.41, 5.74) is 5.37. The van der Waals surface area contributed by atoms with Crippen molar-refractivity contribution in [1.29, 1.82) is 0 Å². The molecule has 0 bridgehead atoms. The summed E-state index contributed by atoms with van der Waals surface area (Å²) in [6.07, 6.45) is 8.37. The van der Waals surface area contributed by atoms with Crippen molar-refractivity contribution in [3.8, 4) is 0 Å². The molecule has 2 unspecified atom stereocenters. The molecule has 0 saturated carbocycles. The van der Waals surface area contributed by atoms with Gasteiger partial charge >= 0.3 is 6.09 Å². The average Bonchev–Trinajstić information content (AvgIpc) is 2.25. The summed E-state index contributed by atoms with van der Waals surface area (Å²) in [4.78, 5) is 13.5. The molecule has 0 aromatic carbocycles. The third-order valence-electron chi connectivity index (χ3n) is 2.26. The van der Waals surface area contributed by atoms with E-state index in [1.807, 2.05) is 32.9 Å². The maximum atomic E-state index is 12.0. The predicted octanol–water partition coefficient (Wildman–Crippen LogP) is 2.19. The molecule has 0 aliphatic carbocycles. The molecule has 2 N–H and O–H groups in total. The van der Waals surface area contributed by atoms with Crippen LogP contribution in [0.2, 0.25) is 0 Å². The highest BCUT2D eigenvalue weighted by Gasteiger charge is 2.28. The number of amides is 1. The van der Waals surface area contributed by atoms with E-state index in [1.54, 1.807) is 18.4 Å². The lowest BCUT2D eigenvalue weighted by Gasteiger charge is -2.33. The average molecular weight is 236 g/mol. The Bertz CT molecular complexity index is 353. The van der Waals surface area contributed by atoms with Crippen molar-refractivity contribution in [2.24, 2.45) is 5.73 Å². The van der Waals surface area contributed by atoms with Crippen molar-refractivity contribution in [2.45, 2.75) is 38.5 Å². The molecule has 0 aromatic heterocycles. The maximum Gasteiger partial charge on any atom is 0.414 e. The van der Waals surface area contributed by atoms with Crippen LogP contribution < -0.4 is 5.73 Å². The molecule has 0 spiro atoms. The summed E-state index contributed by atoms with van der Waals surface area (Å²) in [5.74, 6) is 0. The van der Waals surface area contributed by atoms with Gasteiger partial charge in [-0.05, 0) is 26.8 Å². The van der Waals surface area contributed by atoms with E-state index in [0.717, 1.165) is 0 Å². The van der Waals surface area contributed by atoms with Gasteiger partial charge in [0.25, 0.3) is 0 Å². The van der Waals surface area contributed by atoms with E-state index < -0.39 is 11.7 Å². The van der Waals surface area contributed by atoms with Crippen LogP contribution in [0.5, 0.6) is 0 Å². The number of rotatable bonds is 2. The van der Waals surface area contributed by atoms with Crippen LogP contribution in [-0.2, 0) is 4.74 Å². The van der Waals surface area contributed by atoms with Crippen molar-refractivity contribution in [3.63, 3.8) is 0 Å². The molecular weight excluding hydrogens is 216 g/mol. The molecular formula is C13H20N2O2. The van der Waals surface area contributed by atoms with Crippen molar-refractivity contribution in [1.82, 2.24) is 4.90 Å². The normalized spacial score (nSPS) is 21.2. The zero-order chi connectivity index (χ0) is 13.1. The molecule has 1 amide bonds. The Hall–Kier alpha value is -1.55. The van der Waals surface area contributed by atoms with Gasteiger partial charge in [0, 0.05) is 12.2 Å². The Balaban J connectivity index is 2.80. The Labute approximate surface area is 102 Å². The minimum atomic E-state index is -0.519. The molecule has 4 heteroatoms. The number of nitrogens with two attached hydrogens (primary N) is 1. The lowest BCUT2D eigenvalue weighted by molar-refractivity contribution is 0.0287. The molecule has 0 fully saturated rings. The minimum Gasteiger partial charge on any atom is -0.443 e. The van der Waals surface area contributed by atoms with Gasteiger partial charge in [-0.15, -0.1) is 6.58 Å². The lowest BCUT2D eigenvalue weighted by atomic mass is 10.1. The summed E-state index contributed by atoms with van der Waals surface area (Å²) in [5, 5.41) is 0. The molecule has 1 aliphatic heterocycles. The fraction of sp³-hybridized carbons (Fsp3) is 0.462. The Morgan fingerprint density at radius 1 is 1.53 bits per heavy atom. The second-order valence-electron chi connectivity index (χ2n) is 4.92. The summed E-state index contributed by atoms with van der Waals surface area (Å²) < 4.78 is 5.31. The fourth-order valence-corrected chi connectivity index (χ4v) is 1.46. The van der Waals surface area contributed by atoms with Crippen LogP contribution in [0.3, 0.4) is 0 Å². The van der Waals surface area contributed by atoms with Crippen molar-refractivity contribution in [2.75, 3.05) is 0 Å². The Morgan fingerprint density at radius 2 is 2.18 bits per heavy atom. The summed E-state index contributed by atoms with van der Waals surface area (Å²) >= 11 is 0. The van der Waals surface area contributed by atoms with Gasteiger partial charge in [-0.1, -0.05) is 18.2 Å². The number of hydrogen-bond donors (Lipinski definition) is 1. The SMILES string of the molecule is C=CC(N)C1C=CC=CN1C(=O)OC(C)(C)C. The minimum absolute atomic E-state index is 0.243. The quantitative estimate of drug-likeness (QED) is 0.748. The molecule has 4 nitrogen and oxygen atoms in total. The van der Waals surface area contributed by atoms with Crippen LogP contribution in [0.4, 0.5) is 4.79 Å². The standard InChI is InChI=1S/C13H20N2O2/c1-5-10(14)11-8-6-7-9-15(11)12(16)17-13(2,3)4/h5-11H,1,14H2,2-4H3. The van der Waals surface area contributed by atoms with Gasteiger partial charge < -0.3 is 10.5 Å². The Kier molecular flexibility index (Phi) is 4.12. The number of ether oxygens (including phenoxy) is 1. The maximum absolute atomic E-state index is 12.0. The first-order chi connectivity index (χ1) is 7.85. The van der Waals surface area contributed by atoms with E-state index in [1.165, 1.54) is 4.90 Å². The van der Waals surface area contributed by atoms with Crippen LogP contribution >= 0.6 is 0 Å². The molecule has 2 atom stereocenters. The summed E-state index contributed by atoms with van der Waals surface area (Å²) in [6, 6.07) is -0.559. The van der Waals surface area contributed by atoms with Crippen molar-refractivity contribution in [3.05, 3.63) is 37.1 Å². The largest absolute Gasteiger partial charge is 0.443 e. The second-order valence-corrected chi connectivity index (χ2v) is 4.92. The molecule has 17 heavy (non-hydrogen) atoms. The van der Waals surface area contributed by atoms with Gasteiger partial charge in [0.2, 0.25) is 0 Å². The lowest BCUT2D eigenvalue weighted by Crippen LogP contribution is -2.48. The Morgan fingerprint density at radius 3 is 2.71 bits per heavy atom. The highest BCUT2D eigenvalue weighted by molar-refractivity contribution is 5.71. The molecule has 0 radical (unpaired) electrons. The van der Waals surface area contributed by atoms with Gasteiger partial charge in [0.1, 0.15) is 5.60 Å².